The first-order valence-corrected chi connectivity index (χ1v) is 10.8. The average molecular weight is 427 g/mol. The maximum atomic E-state index is 13.3. The van der Waals surface area contributed by atoms with Crippen molar-refractivity contribution in [2.45, 2.75) is 20.3 Å². The maximum Gasteiger partial charge on any atom is 0.278 e. The van der Waals surface area contributed by atoms with E-state index in [1.54, 1.807) is 0 Å². The van der Waals surface area contributed by atoms with Crippen molar-refractivity contribution in [2.75, 3.05) is 18.5 Å². The van der Waals surface area contributed by atoms with Crippen molar-refractivity contribution in [3.63, 3.8) is 0 Å². The molecule has 1 heterocycles. The second-order valence-corrected chi connectivity index (χ2v) is 7.70. The van der Waals surface area contributed by atoms with Gasteiger partial charge in [0.25, 0.3) is 11.8 Å². The molecular weight excluding hydrogens is 400 g/mol. The molecule has 0 aromatic heterocycles. The predicted molar refractivity (Wildman–Crippen MR) is 126 cm³/mol. The summed E-state index contributed by atoms with van der Waals surface area (Å²) in [7, 11) is 0. The summed E-state index contributed by atoms with van der Waals surface area (Å²) in [6.07, 6.45) is 0.607. The third kappa shape index (κ3) is 4.57. The fraction of sp³-hybridized carbons (Fsp3) is 0.185. The number of aryl methyl sites for hydroxylation is 1. The van der Waals surface area contributed by atoms with E-state index >= 15 is 0 Å². The Hall–Kier alpha value is -3.86. The summed E-state index contributed by atoms with van der Waals surface area (Å²) in [5, 5.41) is 3.19. The van der Waals surface area contributed by atoms with Crippen LogP contribution in [-0.4, -0.2) is 29.9 Å². The minimum atomic E-state index is -0.310. The summed E-state index contributed by atoms with van der Waals surface area (Å²) in [4.78, 5) is 28.0. The van der Waals surface area contributed by atoms with Gasteiger partial charge in [-0.15, -0.1) is 0 Å². The van der Waals surface area contributed by atoms with E-state index in [-0.39, 0.29) is 11.8 Å². The zero-order valence-electron chi connectivity index (χ0n) is 18.3. The third-order valence-corrected chi connectivity index (χ3v) is 5.41. The molecule has 1 N–H and O–H groups in total. The van der Waals surface area contributed by atoms with Crippen molar-refractivity contribution in [3.8, 4) is 5.75 Å². The lowest BCUT2D eigenvalue weighted by atomic mass is 10.0. The highest BCUT2D eigenvalue weighted by atomic mass is 16.5. The van der Waals surface area contributed by atoms with Gasteiger partial charge in [-0.3, -0.25) is 14.5 Å². The number of nitrogens with zero attached hydrogens (tertiary/aromatic N) is 1. The Morgan fingerprint density at radius 3 is 2.19 bits per heavy atom. The summed E-state index contributed by atoms with van der Waals surface area (Å²) in [5.74, 6) is 0.169. The standard InChI is InChI=1S/C27H26N2O3/c1-3-32-23-15-13-22(14-16-23)28-25-24(21-11-9-19(2)10-12-21)26(30)29(27(25)31)18-17-20-7-5-4-6-8-20/h4-16,28H,3,17-18H2,1-2H3. The van der Waals surface area contributed by atoms with Crippen molar-refractivity contribution >= 4 is 23.1 Å². The summed E-state index contributed by atoms with van der Waals surface area (Å²) in [6.45, 7) is 4.83. The minimum Gasteiger partial charge on any atom is -0.494 e. The molecule has 4 rings (SSSR count). The van der Waals surface area contributed by atoms with Crippen molar-refractivity contribution in [1.29, 1.82) is 0 Å². The monoisotopic (exact) mass is 426 g/mol. The zero-order chi connectivity index (χ0) is 22.5. The molecule has 5 heteroatoms. The van der Waals surface area contributed by atoms with Crippen LogP contribution < -0.4 is 10.1 Å². The Bertz CT molecular complexity index is 1130. The van der Waals surface area contributed by atoms with Crippen molar-refractivity contribution in [1.82, 2.24) is 4.90 Å². The maximum absolute atomic E-state index is 13.3. The first-order chi connectivity index (χ1) is 15.6. The molecule has 3 aromatic rings. The topological polar surface area (TPSA) is 58.6 Å². The number of ether oxygens (including phenoxy) is 1. The molecular formula is C27H26N2O3. The van der Waals surface area contributed by atoms with Crippen molar-refractivity contribution in [2.24, 2.45) is 0 Å². The molecule has 0 aliphatic carbocycles. The summed E-state index contributed by atoms with van der Waals surface area (Å²) >= 11 is 0. The summed E-state index contributed by atoms with van der Waals surface area (Å²) in [6, 6.07) is 24.9. The molecule has 0 saturated heterocycles. The molecule has 0 saturated carbocycles. The number of imide groups is 1. The molecule has 1 aliphatic rings. The van der Waals surface area contributed by atoms with E-state index in [1.165, 1.54) is 4.90 Å². The molecule has 5 nitrogen and oxygen atoms in total. The van der Waals surface area contributed by atoms with Crippen LogP contribution in [0.5, 0.6) is 5.75 Å². The van der Waals surface area contributed by atoms with E-state index in [0.717, 1.165) is 28.1 Å². The van der Waals surface area contributed by atoms with E-state index in [4.69, 9.17) is 4.74 Å². The molecule has 0 atom stereocenters. The van der Waals surface area contributed by atoms with Crippen molar-refractivity contribution < 1.29 is 14.3 Å². The number of carbonyl (C=O) groups is 2. The van der Waals surface area contributed by atoms with Crippen LogP contribution in [0, 0.1) is 6.92 Å². The SMILES string of the molecule is CCOc1ccc(NC2=C(c3ccc(C)cc3)C(=O)N(CCc3ccccc3)C2=O)cc1. The predicted octanol–water partition coefficient (Wildman–Crippen LogP) is 4.83. The Kier molecular flexibility index (Phi) is 6.36. The van der Waals surface area contributed by atoms with Gasteiger partial charge in [-0.25, -0.2) is 0 Å². The normalized spacial score (nSPS) is 13.6. The van der Waals surface area contributed by atoms with Crippen LogP contribution in [-0.2, 0) is 16.0 Å². The van der Waals surface area contributed by atoms with Gasteiger partial charge in [-0.05, 0) is 55.7 Å². The molecule has 0 fully saturated rings. The highest BCUT2D eigenvalue weighted by Gasteiger charge is 2.38. The number of amides is 2. The lowest BCUT2D eigenvalue weighted by Gasteiger charge is -2.15. The van der Waals surface area contributed by atoms with Gasteiger partial charge in [-0.2, -0.15) is 0 Å². The number of anilines is 1. The Labute approximate surface area is 188 Å². The van der Waals surface area contributed by atoms with Crippen LogP contribution in [0.4, 0.5) is 5.69 Å². The number of hydrogen-bond donors (Lipinski definition) is 1. The summed E-state index contributed by atoms with van der Waals surface area (Å²) < 4.78 is 5.49. The fourth-order valence-corrected chi connectivity index (χ4v) is 3.71. The Balaban J connectivity index is 1.63. The largest absolute Gasteiger partial charge is 0.494 e. The van der Waals surface area contributed by atoms with Crippen LogP contribution in [0.1, 0.15) is 23.6 Å². The molecule has 2 amide bonds. The third-order valence-electron chi connectivity index (χ3n) is 5.41. The van der Waals surface area contributed by atoms with Crippen LogP contribution in [0.25, 0.3) is 5.57 Å². The van der Waals surface area contributed by atoms with Gasteiger partial charge < -0.3 is 10.1 Å². The molecule has 3 aromatic carbocycles. The van der Waals surface area contributed by atoms with Gasteiger partial charge in [0, 0.05) is 12.2 Å². The summed E-state index contributed by atoms with van der Waals surface area (Å²) in [5.41, 5.74) is 4.32. The van der Waals surface area contributed by atoms with Crippen LogP contribution in [0.15, 0.2) is 84.6 Å². The number of rotatable bonds is 8. The van der Waals surface area contributed by atoms with Gasteiger partial charge in [0.2, 0.25) is 0 Å². The number of hydrogen-bond acceptors (Lipinski definition) is 4. The van der Waals surface area contributed by atoms with Crippen LogP contribution >= 0.6 is 0 Å². The van der Waals surface area contributed by atoms with E-state index in [1.807, 2.05) is 92.7 Å². The quantitative estimate of drug-likeness (QED) is 0.524. The van der Waals surface area contributed by atoms with Crippen molar-refractivity contribution in [3.05, 3.63) is 101 Å². The van der Waals surface area contributed by atoms with E-state index in [9.17, 15) is 9.59 Å². The number of nitrogens with one attached hydrogen (secondary N) is 1. The van der Waals surface area contributed by atoms with Gasteiger partial charge in [-0.1, -0.05) is 60.2 Å². The molecule has 0 bridgehead atoms. The smallest absolute Gasteiger partial charge is 0.278 e. The highest BCUT2D eigenvalue weighted by Crippen LogP contribution is 2.31. The first-order valence-electron chi connectivity index (χ1n) is 10.8. The first kappa shape index (κ1) is 21.4. The van der Waals surface area contributed by atoms with Crippen LogP contribution in [0.2, 0.25) is 0 Å². The number of benzene rings is 3. The molecule has 1 aliphatic heterocycles. The molecule has 162 valence electrons. The van der Waals surface area contributed by atoms with E-state index in [2.05, 4.69) is 5.32 Å². The number of carbonyl (C=O) groups excluding carboxylic acids is 2. The zero-order valence-corrected chi connectivity index (χ0v) is 18.3. The van der Waals surface area contributed by atoms with E-state index in [0.29, 0.717) is 30.8 Å². The van der Waals surface area contributed by atoms with E-state index < -0.39 is 0 Å². The van der Waals surface area contributed by atoms with Gasteiger partial charge >= 0.3 is 0 Å². The Morgan fingerprint density at radius 1 is 0.844 bits per heavy atom. The fourth-order valence-electron chi connectivity index (χ4n) is 3.71. The van der Waals surface area contributed by atoms with Gasteiger partial charge in [0.05, 0.1) is 12.2 Å². The van der Waals surface area contributed by atoms with Crippen LogP contribution in [0.3, 0.4) is 0 Å². The lowest BCUT2D eigenvalue weighted by Crippen LogP contribution is -2.34. The van der Waals surface area contributed by atoms with Gasteiger partial charge in [0.15, 0.2) is 0 Å². The highest BCUT2D eigenvalue weighted by molar-refractivity contribution is 6.36. The Morgan fingerprint density at radius 2 is 1.53 bits per heavy atom. The second-order valence-electron chi connectivity index (χ2n) is 7.70. The molecule has 32 heavy (non-hydrogen) atoms. The molecule has 0 radical (unpaired) electrons. The average Bonchev–Trinajstić information content (AvgIpc) is 3.04. The second kappa shape index (κ2) is 9.52. The minimum absolute atomic E-state index is 0.275. The molecule has 0 unspecified atom stereocenters. The van der Waals surface area contributed by atoms with Gasteiger partial charge in [0.1, 0.15) is 11.4 Å². The lowest BCUT2D eigenvalue weighted by molar-refractivity contribution is -0.136. The molecule has 0 spiro atoms.